The van der Waals surface area contributed by atoms with Gasteiger partial charge >= 0.3 is 0 Å². The third-order valence-electron chi connectivity index (χ3n) is 3.93. The number of hydrogen-bond acceptors (Lipinski definition) is 3. The lowest BCUT2D eigenvalue weighted by Gasteiger charge is -2.28. The van der Waals surface area contributed by atoms with Crippen molar-refractivity contribution in [2.45, 2.75) is 51.6 Å². The summed E-state index contributed by atoms with van der Waals surface area (Å²) in [5.41, 5.74) is 6.11. The molecule has 21 heavy (non-hydrogen) atoms. The molecule has 0 aliphatic heterocycles. The van der Waals surface area contributed by atoms with Crippen molar-refractivity contribution in [2.24, 2.45) is 0 Å². The van der Waals surface area contributed by atoms with Crippen molar-refractivity contribution in [3.63, 3.8) is 0 Å². The Labute approximate surface area is 125 Å². The van der Waals surface area contributed by atoms with Crippen molar-refractivity contribution in [3.05, 3.63) is 24.0 Å². The number of carbonyl (C=O) groups is 1. The lowest BCUT2D eigenvalue weighted by atomic mass is 10.2. The molecule has 1 aromatic carbocycles. The van der Waals surface area contributed by atoms with Crippen LogP contribution in [0.5, 0.6) is 0 Å². The molecule has 1 aliphatic carbocycles. The predicted octanol–water partition coefficient (Wildman–Crippen LogP) is 3.00. The highest BCUT2D eigenvalue weighted by Crippen LogP contribution is 2.29. The molecule has 0 spiro atoms. The Balaban J connectivity index is 1.98. The van der Waals surface area contributed by atoms with Gasteiger partial charge in [0.05, 0.1) is 11.7 Å². The highest BCUT2D eigenvalue weighted by atomic mass is 19.1. The Bertz CT molecular complexity index is 502. The van der Waals surface area contributed by atoms with Gasteiger partial charge in [-0.2, -0.15) is 0 Å². The Morgan fingerprint density at radius 3 is 2.81 bits per heavy atom. The Kier molecular flexibility index (Phi) is 5.17. The van der Waals surface area contributed by atoms with Crippen LogP contribution in [0.3, 0.4) is 0 Å². The van der Waals surface area contributed by atoms with Gasteiger partial charge in [-0.3, -0.25) is 9.69 Å². The molecule has 1 fully saturated rings. The SMILES string of the molecule is CCCCN(C1CC1)C(C)C(=O)Nc1ccc(F)c(N)c1. The minimum Gasteiger partial charge on any atom is -0.396 e. The third-order valence-corrected chi connectivity index (χ3v) is 3.93. The van der Waals surface area contributed by atoms with E-state index in [1.165, 1.54) is 31.0 Å². The molecule has 2 rings (SSSR count). The molecule has 116 valence electrons. The van der Waals surface area contributed by atoms with Gasteiger partial charge in [-0.15, -0.1) is 0 Å². The first-order valence-electron chi connectivity index (χ1n) is 7.64. The number of benzene rings is 1. The maximum Gasteiger partial charge on any atom is 0.241 e. The second kappa shape index (κ2) is 6.89. The zero-order chi connectivity index (χ0) is 15.4. The number of nitrogens with zero attached hydrogens (tertiary/aromatic N) is 1. The van der Waals surface area contributed by atoms with E-state index < -0.39 is 5.82 Å². The smallest absolute Gasteiger partial charge is 0.241 e. The van der Waals surface area contributed by atoms with Gasteiger partial charge in [-0.25, -0.2) is 4.39 Å². The second-order valence-corrected chi connectivity index (χ2v) is 5.72. The molecule has 0 saturated heterocycles. The molecule has 5 heteroatoms. The molecule has 1 amide bonds. The average Bonchev–Trinajstić information content (AvgIpc) is 3.27. The lowest BCUT2D eigenvalue weighted by molar-refractivity contribution is -0.121. The number of unbranched alkanes of at least 4 members (excludes halogenated alkanes) is 1. The highest BCUT2D eigenvalue weighted by molar-refractivity contribution is 5.95. The molecular weight excluding hydrogens is 269 g/mol. The molecule has 0 heterocycles. The van der Waals surface area contributed by atoms with Crippen molar-refractivity contribution in [3.8, 4) is 0 Å². The minimum absolute atomic E-state index is 0.0467. The van der Waals surface area contributed by atoms with Crippen molar-refractivity contribution >= 4 is 17.3 Å². The quantitative estimate of drug-likeness (QED) is 0.760. The molecule has 3 N–H and O–H groups in total. The summed E-state index contributed by atoms with van der Waals surface area (Å²) in [6.45, 7) is 5.02. The molecule has 1 aliphatic rings. The Morgan fingerprint density at radius 2 is 2.24 bits per heavy atom. The zero-order valence-electron chi connectivity index (χ0n) is 12.7. The molecule has 0 aromatic heterocycles. The van der Waals surface area contributed by atoms with Gasteiger partial charge in [0.2, 0.25) is 5.91 Å². The van der Waals surface area contributed by atoms with E-state index in [0.29, 0.717) is 11.7 Å². The summed E-state index contributed by atoms with van der Waals surface area (Å²) in [6.07, 6.45) is 4.55. The molecular formula is C16H24FN3O. The maximum atomic E-state index is 13.1. The van der Waals surface area contributed by atoms with Gasteiger partial charge in [0.1, 0.15) is 5.82 Å². The van der Waals surface area contributed by atoms with Crippen LogP contribution in [0, 0.1) is 5.82 Å². The maximum absolute atomic E-state index is 13.1. The predicted molar refractivity (Wildman–Crippen MR) is 83.5 cm³/mol. The highest BCUT2D eigenvalue weighted by Gasteiger charge is 2.34. The summed E-state index contributed by atoms with van der Waals surface area (Å²) in [4.78, 5) is 14.6. The van der Waals surface area contributed by atoms with Crippen LogP contribution in [0.4, 0.5) is 15.8 Å². The average molecular weight is 293 g/mol. The van der Waals surface area contributed by atoms with Crippen molar-refractivity contribution in [1.29, 1.82) is 0 Å². The summed E-state index contributed by atoms with van der Waals surface area (Å²) in [5.74, 6) is -0.535. The van der Waals surface area contributed by atoms with Crippen LogP contribution in [-0.2, 0) is 4.79 Å². The summed E-state index contributed by atoms with van der Waals surface area (Å²) in [6, 6.07) is 4.61. The van der Waals surface area contributed by atoms with Gasteiger partial charge in [-0.1, -0.05) is 13.3 Å². The molecule has 1 unspecified atom stereocenters. The normalized spacial score (nSPS) is 16.0. The Hall–Kier alpha value is -1.62. The number of nitrogen functional groups attached to an aromatic ring is 1. The number of rotatable bonds is 7. The molecule has 1 saturated carbocycles. The van der Waals surface area contributed by atoms with E-state index in [9.17, 15) is 9.18 Å². The van der Waals surface area contributed by atoms with Gasteiger partial charge < -0.3 is 11.1 Å². The summed E-state index contributed by atoms with van der Waals surface area (Å²) in [7, 11) is 0. The molecule has 1 atom stereocenters. The number of hydrogen-bond donors (Lipinski definition) is 2. The van der Waals surface area contributed by atoms with E-state index in [1.54, 1.807) is 0 Å². The number of carbonyl (C=O) groups excluding carboxylic acids is 1. The minimum atomic E-state index is -0.469. The third kappa shape index (κ3) is 4.17. The van der Waals surface area contributed by atoms with Gasteiger partial charge in [0, 0.05) is 11.7 Å². The van der Waals surface area contributed by atoms with Crippen LogP contribution in [0.25, 0.3) is 0 Å². The van der Waals surface area contributed by atoms with E-state index in [-0.39, 0.29) is 17.6 Å². The first-order chi connectivity index (χ1) is 10.0. The number of amides is 1. The van der Waals surface area contributed by atoms with Crippen molar-refractivity contribution < 1.29 is 9.18 Å². The first kappa shape index (κ1) is 15.8. The van der Waals surface area contributed by atoms with Crippen molar-refractivity contribution in [2.75, 3.05) is 17.6 Å². The van der Waals surface area contributed by atoms with E-state index in [1.807, 2.05) is 6.92 Å². The molecule has 1 aromatic rings. The summed E-state index contributed by atoms with van der Waals surface area (Å²) in [5, 5.41) is 2.82. The number of halogens is 1. The number of nitrogens with one attached hydrogen (secondary N) is 1. The fourth-order valence-corrected chi connectivity index (χ4v) is 2.46. The van der Waals surface area contributed by atoms with Crippen LogP contribution >= 0.6 is 0 Å². The largest absolute Gasteiger partial charge is 0.396 e. The van der Waals surface area contributed by atoms with Crippen LogP contribution in [0.1, 0.15) is 39.5 Å². The van der Waals surface area contributed by atoms with Crippen LogP contribution in [0.15, 0.2) is 18.2 Å². The molecule has 4 nitrogen and oxygen atoms in total. The summed E-state index contributed by atoms with van der Waals surface area (Å²) < 4.78 is 13.1. The van der Waals surface area contributed by atoms with E-state index in [2.05, 4.69) is 17.1 Å². The van der Waals surface area contributed by atoms with Gasteiger partial charge in [0.25, 0.3) is 0 Å². The fourth-order valence-electron chi connectivity index (χ4n) is 2.46. The van der Waals surface area contributed by atoms with E-state index >= 15 is 0 Å². The van der Waals surface area contributed by atoms with Crippen LogP contribution in [0.2, 0.25) is 0 Å². The first-order valence-corrected chi connectivity index (χ1v) is 7.64. The zero-order valence-corrected chi connectivity index (χ0v) is 12.7. The topological polar surface area (TPSA) is 58.4 Å². The standard InChI is InChI=1S/C16H24FN3O/c1-3-4-9-20(13-6-7-13)11(2)16(21)19-12-5-8-14(17)15(18)10-12/h5,8,10-11,13H,3-4,6-7,9,18H2,1-2H3,(H,19,21). The number of anilines is 2. The fraction of sp³-hybridized carbons (Fsp3) is 0.562. The van der Waals surface area contributed by atoms with Crippen LogP contribution < -0.4 is 11.1 Å². The Morgan fingerprint density at radius 1 is 1.52 bits per heavy atom. The molecule has 0 bridgehead atoms. The van der Waals surface area contributed by atoms with Gasteiger partial charge in [0.15, 0.2) is 0 Å². The van der Waals surface area contributed by atoms with E-state index in [0.717, 1.165) is 19.4 Å². The van der Waals surface area contributed by atoms with Gasteiger partial charge in [-0.05, 0) is 50.9 Å². The monoisotopic (exact) mass is 293 g/mol. The summed E-state index contributed by atoms with van der Waals surface area (Å²) >= 11 is 0. The second-order valence-electron chi connectivity index (χ2n) is 5.72. The van der Waals surface area contributed by atoms with E-state index in [4.69, 9.17) is 5.73 Å². The lowest BCUT2D eigenvalue weighted by Crippen LogP contribution is -2.43. The van der Waals surface area contributed by atoms with Crippen LogP contribution in [-0.4, -0.2) is 29.4 Å². The number of nitrogens with two attached hydrogens (primary N) is 1. The molecule has 0 radical (unpaired) electrons. The van der Waals surface area contributed by atoms with Crippen molar-refractivity contribution in [1.82, 2.24) is 4.90 Å².